The van der Waals surface area contributed by atoms with E-state index in [2.05, 4.69) is 26.8 Å². The summed E-state index contributed by atoms with van der Waals surface area (Å²) >= 11 is 0. The van der Waals surface area contributed by atoms with Crippen molar-refractivity contribution >= 4 is 16.8 Å². The van der Waals surface area contributed by atoms with Gasteiger partial charge in [0.25, 0.3) is 0 Å². The first-order valence-electron chi connectivity index (χ1n) is 10.5. The third-order valence-electron chi connectivity index (χ3n) is 5.90. The highest BCUT2D eigenvalue weighted by atomic mass is 16.5. The largest absolute Gasteiger partial charge is 0.464 e. The van der Waals surface area contributed by atoms with E-state index in [1.807, 2.05) is 37.3 Å². The maximum Gasteiger partial charge on any atom is 0.230 e. The Bertz CT molecular complexity index is 1240. The molecule has 1 unspecified atom stereocenters. The lowest BCUT2D eigenvalue weighted by Gasteiger charge is -2.27. The zero-order chi connectivity index (χ0) is 21.4. The van der Waals surface area contributed by atoms with E-state index in [0.29, 0.717) is 11.6 Å². The zero-order valence-corrected chi connectivity index (χ0v) is 17.6. The molecule has 0 saturated carbocycles. The van der Waals surface area contributed by atoms with Crippen LogP contribution in [-0.2, 0) is 0 Å². The summed E-state index contributed by atoms with van der Waals surface area (Å²) in [6, 6.07) is 9.74. The van der Waals surface area contributed by atoms with E-state index >= 15 is 0 Å². The minimum Gasteiger partial charge on any atom is -0.464 e. The molecule has 7 heteroatoms. The molecule has 1 saturated heterocycles. The number of pyridine rings is 1. The minimum atomic E-state index is 0.0949. The van der Waals surface area contributed by atoms with E-state index in [9.17, 15) is 5.11 Å². The van der Waals surface area contributed by atoms with Gasteiger partial charge in [0.2, 0.25) is 5.88 Å². The lowest BCUT2D eigenvalue weighted by atomic mass is 9.98. The van der Waals surface area contributed by atoms with Crippen LogP contribution in [-0.4, -0.2) is 39.3 Å². The number of benzene rings is 1. The van der Waals surface area contributed by atoms with Crippen LogP contribution in [0.2, 0.25) is 0 Å². The van der Waals surface area contributed by atoms with E-state index in [1.165, 1.54) is 0 Å². The summed E-state index contributed by atoms with van der Waals surface area (Å²) in [5, 5.41) is 10.6. The van der Waals surface area contributed by atoms with Gasteiger partial charge < -0.3 is 19.2 Å². The van der Waals surface area contributed by atoms with Crippen LogP contribution >= 0.6 is 0 Å². The number of fused-ring (bicyclic) bond motifs is 1. The highest BCUT2D eigenvalue weighted by molar-refractivity contribution is 5.83. The summed E-state index contributed by atoms with van der Waals surface area (Å²) < 4.78 is 11.5. The molecule has 0 spiro atoms. The maximum atomic E-state index is 9.81. The smallest absolute Gasteiger partial charge is 0.230 e. The van der Waals surface area contributed by atoms with Crippen LogP contribution in [0.15, 0.2) is 53.5 Å². The summed E-state index contributed by atoms with van der Waals surface area (Å²) in [6.07, 6.45) is 6.92. The molecule has 1 aromatic carbocycles. The highest BCUT2D eigenvalue weighted by Gasteiger charge is 2.28. The number of furan rings is 1. The van der Waals surface area contributed by atoms with Gasteiger partial charge >= 0.3 is 0 Å². The fraction of sp³-hybridized carbons (Fsp3) is 0.292. The summed E-state index contributed by atoms with van der Waals surface area (Å²) in [5.41, 5.74) is 4.76. The molecular formula is C24H24N4O3. The second-order valence-corrected chi connectivity index (χ2v) is 7.86. The highest BCUT2D eigenvalue weighted by Crippen LogP contribution is 2.38. The van der Waals surface area contributed by atoms with Gasteiger partial charge in [-0.3, -0.25) is 0 Å². The van der Waals surface area contributed by atoms with Gasteiger partial charge in [-0.15, -0.1) is 0 Å². The van der Waals surface area contributed by atoms with Gasteiger partial charge in [-0.25, -0.2) is 15.0 Å². The predicted molar refractivity (Wildman–Crippen MR) is 118 cm³/mol. The van der Waals surface area contributed by atoms with Gasteiger partial charge in [0.1, 0.15) is 23.5 Å². The van der Waals surface area contributed by atoms with Crippen molar-refractivity contribution in [1.82, 2.24) is 15.0 Å². The molecule has 4 aromatic rings. The molecule has 7 nitrogen and oxygen atoms in total. The number of aryl methyl sites for hydroxylation is 2. The topological polar surface area (TPSA) is 84.5 Å². The molecule has 0 radical (unpaired) electrons. The SMILES string of the molecule is Cc1cc(Oc2nccc3occc23)ccc1-c1c(C)ncnc1N1CCCC1CO. The molecule has 1 fully saturated rings. The molecule has 4 heterocycles. The van der Waals surface area contributed by atoms with Gasteiger partial charge in [-0.1, -0.05) is 6.07 Å². The van der Waals surface area contributed by atoms with Gasteiger partial charge in [0.05, 0.1) is 30.0 Å². The van der Waals surface area contributed by atoms with Crippen LogP contribution in [0.3, 0.4) is 0 Å². The first-order valence-corrected chi connectivity index (χ1v) is 10.5. The number of anilines is 1. The Kier molecular flexibility index (Phi) is 5.03. The number of ether oxygens (including phenoxy) is 1. The monoisotopic (exact) mass is 416 g/mol. The Morgan fingerprint density at radius 1 is 1.16 bits per heavy atom. The fourth-order valence-electron chi connectivity index (χ4n) is 4.34. The van der Waals surface area contributed by atoms with Crippen molar-refractivity contribution in [3.63, 3.8) is 0 Å². The Balaban J connectivity index is 1.52. The Labute approximate surface area is 180 Å². The molecule has 31 heavy (non-hydrogen) atoms. The average Bonchev–Trinajstić information content (AvgIpc) is 3.44. The lowest BCUT2D eigenvalue weighted by molar-refractivity contribution is 0.266. The molecule has 1 aliphatic heterocycles. The Morgan fingerprint density at radius 2 is 2.06 bits per heavy atom. The minimum absolute atomic E-state index is 0.0949. The molecular weight excluding hydrogens is 392 g/mol. The summed E-state index contributed by atoms with van der Waals surface area (Å²) in [4.78, 5) is 15.6. The molecule has 0 aliphatic carbocycles. The normalized spacial score (nSPS) is 16.2. The van der Waals surface area contributed by atoms with Crippen molar-refractivity contribution in [3.05, 3.63) is 60.4 Å². The van der Waals surface area contributed by atoms with Crippen molar-refractivity contribution in [2.75, 3.05) is 18.1 Å². The third-order valence-corrected chi connectivity index (χ3v) is 5.90. The fourth-order valence-corrected chi connectivity index (χ4v) is 4.34. The second-order valence-electron chi connectivity index (χ2n) is 7.86. The molecule has 0 amide bonds. The molecule has 1 aliphatic rings. The van der Waals surface area contributed by atoms with Gasteiger partial charge in [-0.2, -0.15) is 0 Å². The summed E-state index contributed by atoms with van der Waals surface area (Å²) in [5.74, 6) is 2.10. The van der Waals surface area contributed by atoms with Crippen molar-refractivity contribution < 1.29 is 14.3 Å². The van der Waals surface area contributed by atoms with Crippen LogP contribution in [0, 0.1) is 13.8 Å². The van der Waals surface area contributed by atoms with Crippen LogP contribution < -0.4 is 9.64 Å². The predicted octanol–water partition coefficient (Wildman–Crippen LogP) is 4.66. The molecule has 158 valence electrons. The quantitative estimate of drug-likeness (QED) is 0.507. The van der Waals surface area contributed by atoms with E-state index in [-0.39, 0.29) is 12.6 Å². The second kappa shape index (κ2) is 8.00. The number of aliphatic hydroxyl groups is 1. The molecule has 1 atom stereocenters. The van der Waals surface area contributed by atoms with Gasteiger partial charge in [-0.05, 0) is 62.1 Å². The van der Waals surface area contributed by atoms with E-state index in [1.54, 1.807) is 18.8 Å². The zero-order valence-electron chi connectivity index (χ0n) is 17.6. The van der Waals surface area contributed by atoms with Crippen LogP contribution in [0.4, 0.5) is 5.82 Å². The third kappa shape index (κ3) is 3.51. The number of aromatic nitrogens is 3. The maximum absolute atomic E-state index is 9.81. The molecule has 1 N–H and O–H groups in total. The average molecular weight is 416 g/mol. The molecule has 3 aromatic heterocycles. The standard InChI is InChI=1S/C24H24N4O3/c1-15-12-18(31-24-20-8-11-30-21(20)7-9-25-24)5-6-19(15)22-16(2)26-14-27-23(22)28-10-3-4-17(28)13-29/h5-9,11-12,14,17,29H,3-4,10,13H2,1-2H3. The number of aliphatic hydroxyl groups excluding tert-OH is 1. The van der Waals surface area contributed by atoms with Crippen LogP contribution in [0.1, 0.15) is 24.1 Å². The van der Waals surface area contributed by atoms with Crippen molar-refractivity contribution in [1.29, 1.82) is 0 Å². The Morgan fingerprint density at radius 3 is 2.90 bits per heavy atom. The van der Waals surface area contributed by atoms with Crippen LogP contribution in [0.5, 0.6) is 11.6 Å². The van der Waals surface area contributed by atoms with E-state index < -0.39 is 0 Å². The number of rotatable bonds is 5. The first kappa shape index (κ1) is 19.5. The van der Waals surface area contributed by atoms with E-state index in [4.69, 9.17) is 9.15 Å². The summed E-state index contributed by atoms with van der Waals surface area (Å²) in [7, 11) is 0. The number of hydrogen-bond donors (Lipinski definition) is 1. The Hall–Kier alpha value is -3.45. The van der Waals surface area contributed by atoms with Crippen LogP contribution in [0.25, 0.3) is 22.1 Å². The van der Waals surface area contributed by atoms with Crippen molar-refractivity contribution in [2.45, 2.75) is 32.7 Å². The van der Waals surface area contributed by atoms with Gasteiger partial charge in [0.15, 0.2) is 0 Å². The lowest BCUT2D eigenvalue weighted by Crippen LogP contribution is -2.33. The molecule has 5 rings (SSSR count). The van der Waals surface area contributed by atoms with E-state index in [0.717, 1.165) is 58.6 Å². The number of nitrogens with zero attached hydrogens (tertiary/aromatic N) is 4. The summed E-state index contributed by atoms with van der Waals surface area (Å²) in [6.45, 7) is 5.06. The van der Waals surface area contributed by atoms with Crippen molar-refractivity contribution in [2.24, 2.45) is 0 Å². The number of hydrogen-bond acceptors (Lipinski definition) is 7. The van der Waals surface area contributed by atoms with Gasteiger partial charge in [0, 0.05) is 18.3 Å². The first-order chi connectivity index (χ1) is 15.2. The molecule has 0 bridgehead atoms. The van der Waals surface area contributed by atoms with Crippen molar-refractivity contribution in [3.8, 4) is 22.8 Å².